The molecule has 0 spiro atoms. The van der Waals surface area contributed by atoms with Crippen LogP contribution >= 0.6 is 0 Å². The van der Waals surface area contributed by atoms with E-state index in [9.17, 15) is 0 Å². The van der Waals surface area contributed by atoms with Gasteiger partial charge >= 0.3 is 0 Å². The maximum atomic E-state index is 3.81. The summed E-state index contributed by atoms with van der Waals surface area (Å²) in [6.45, 7) is 10.4. The summed E-state index contributed by atoms with van der Waals surface area (Å²) in [6, 6.07) is 9.71. The Bertz CT molecular complexity index is 395. The van der Waals surface area contributed by atoms with Crippen molar-refractivity contribution in [3.8, 4) is 0 Å². The molecule has 1 fully saturated rings. The van der Waals surface area contributed by atoms with E-state index in [-0.39, 0.29) is 0 Å². The zero-order valence-corrected chi connectivity index (χ0v) is 13.7. The molecule has 0 bridgehead atoms. The number of hydrogen-bond donors (Lipinski definition) is 1. The fourth-order valence-electron chi connectivity index (χ4n) is 3.52. The molecule has 1 heteroatoms. The van der Waals surface area contributed by atoms with Crippen molar-refractivity contribution >= 4 is 0 Å². The van der Waals surface area contributed by atoms with Gasteiger partial charge in [0.05, 0.1) is 0 Å². The Balaban J connectivity index is 2.12. The minimum Gasteiger partial charge on any atom is -0.310 e. The predicted molar refractivity (Wildman–Crippen MR) is 87.9 cm³/mol. The lowest BCUT2D eigenvalue weighted by Gasteiger charge is -2.37. The van der Waals surface area contributed by atoms with Gasteiger partial charge in [0, 0.05) is 6.04 Å². The fourth-order valence-corrected chi connectivity index (χ4v) is 3.52. The lowest BCUT2D eigenvalue weighted by molar-refractivity contribution is 0.171. The van der Waals surface area contributed by atoms with Gasteiger partial charge in [-0.1, -0.05) is 57.0 Å². The summed E-state index contributed by atoms with van der Waals surface area (Å²) in [5, 5.41) is 3.81. The molecule has 1 aromatic rings. The van der Waals surface area contributed by atoms with Crippen LogP contribution in [0.1, 0.15) is 63.6 Å². The highest BCUT2D eigenvalue weighted by atomic mass is 14.9. The first kappa shape index (κ1) is 15.6. The Morgan fingerprint density at radius 1 is 1.10 bits per heavy atom. The molecule has 112 valence electrons. The molecule has 1 aliphatic carbocycles. The van der Waals surface area contributed by atoms with Gasteiger partial charge in [0.2, 0.25) is 0 Å². The normalized spacial score (nSPS) is 28.3. The number of nitrogens with one attached hydrogen (secondary N) is 1. The molecule has 4 unspecified atom stereocenters. The van der Waals surface area contributed by atoms with Crippen LogP contribution in [-0.2, 0) is 0 Å². The van der Waals surface area contributed by atoms with Crippen LogP contribution < -0.4 is 5.32 Å². The average molecular weight is 273 g/mol. The predicted octanol–water partition coefficient (Wildman–Crippen LogP) is 5.11. The van der Waals surface area contributed by atoms with Gasteiger partial charge in [-0.25, -0.2) is 0 Å². The monoisotopic (exact) mass is 273 g/mol. The van der Waals surface area contributed by atoms with Crippen molar-refractivity contribution in [3.05, 3.63) is 35.4 Å². The van der Waals surface area contributed by atoms with Gasteiger partial charge in [0.1, 0.15) is 0 Å². The molecule has 20 heavy (non-hydrogen) atoms. The van der Waals surface area contributed by atoms with Crippen LogP contribution in [-0.4, -0.2) is 6.54 Å². The summed E-state index contributed by atoms with van der Waals surface area (Å²) in [7, 11) is 0. The third-order valence-corrected chi connectivity index (χ3v) is 5.16. The van der Waals surface area contributed by atoms with Crippen molar-refractivity contribution in [2.24, 2.45) is 17.8 Å². The maximum Gasteiger partial charge on any atom is 0.0348 e. The smallest absolute Gasteiger partial charge is 0.0348 e. The first-order valence-corrected chi connectivity index (χ1v) is 8.41. The van der Waals surface area contributed by atoms with Gasteiger partial charge in [-0.05, 0) is 56.0 Å². The van der Waals surface area contributed by atoms with E-state index in [1.54, 1.807) is 0 Å². The lowest BCUT2D eigenvalue weighted by atomic mass is 9.72. The quantitative estimate of drug-likeness (QED) is 0.786. The summed E-state index contributed by atoms with van der Waals surface area (Å²) in [5.41, 5.74) is 2.84. The van der Waals surface area contributed by atoms with E-state index in [4.69, 9.17) is 0 Å². The molecule has 2 rings (SSSR count). The third kappa shape index (κ3) is 3.85. The number of rotatable bonds is 5. The molecule has 0 heterocycles. The number of benzene rings is 1. The Morgan fingerprint density at radius 2 is 1.80 bits per heavy atom. The minimum atomic E-state index is 0.547. The van der Waals surface area contributed by atoms with Crippen molar-refractivity contribution in [2.45, 2.75) is 59.4 Å². The van der Waals surface area contributed by atoms with Crippen LogP contribution in [0, 0.1) is 24.7 Å². The molecule has 0 amide bonds. The zero-order chi connectivity index (χ0) is 14.5. The second-order valence-electron chi connectivity index (χ2n) is 6.87. The fraction of sp³-hybridized carbons (Fsp3) is 0.684. The minimum absolute atomic E-state index is 0.547. The molecule has 0 radical (unpaired) electrons. The lowest BCUT2D eigenvalue weighted by Crippen LogP contribution is -2.33. The van der Waals surface area contributed by atoms with Crippen LogP contribution in [0.4, 0.5) is 0 Å². The Kier molecular flexibility index (Phi) is 5.65. The molecule has 1 aliphatic rings. The zero-order valence-electron chi connectivity index (χ0n) is 13.7. The summed E-state index contributed by atoms with van der Waals surface area (Å²) in [6.07, 6.45) is 5.35. The van der Waals surface area contributed by atoms with Crippen LogP contribution in [0.5, 0.6) is 0 Å². The first-order valence-electron chi connectivity index (χ1n) is 8.41. The number of aryl methyl sites for hydroxylation is 1. The summed E-state index contributed by atoms with van der Waals surface area (Å²) in [4.78, 5) is 0. The van der Waals surface area contributed by atoms with E-state index in [0.717, 1.165) is 24.3 Å². The molecule has 1 saturated carbocycles. The molecule has 1 N–H and O–H groups in total. The van der Waals surface area contributed by atoms with Crippen molar-refractivity contribution in [3.63, 3.8) is 0 Å². The molecule has 1 nitrogen and oxygen atoms in total. The van der Waals surface area contributed by atoms with Crippen molar-refractivity contribution < 1.29 is 0 Å². The van der Waals surface area contributed by atoms with Crippen LogP contribution in [0.15, 0.2) is 24.3 Å². The van der Waals surface area contributed by atoms with Gasteiger partial charge in [0.15, 0.2) is 0 Å². The van der Waals surface area contributed by atoms with E-state index in [2.05, 4.69) is 57.3 Å². The van der Waals surface area contributed by atoms with E-state index in [0.29, 0.717) is 6.04 Å². The molecule has 0 aliphatic heterocycles. The first-order chi connectivity index (χ1) is 9.61. The molecule has 0 aromatic heterocycles. The molecular weight excluding hydrogens is 242 g/mol. The third-order valence-electron chi connectivity index (χ3n) is 5.16. The SMILES string of the molecule is CCCNC(c1ccc(C)cc1)C1CCC(C)C(C)C1. The topological polar surface area (TPSA) is 12.0 Å². The average Bonchev–Trinajstić information content (AvgIpc) is 2.45. The standard InChI is InChI=1S/C19H31N/c1-5-12-20-19(17-9-6-14(2)7-10-17)18-11-8-15(3)16(4)13-18/h6-7,9-10,15-16,18-20H,5,8,11-13H2,1-4H3. The Hall–Kier alpha value is -0.820. The van der Waals surface area contributed by atoms with Gasteiger partial charge < -0.3 is 5.32 Å². The molecule has 1 aromatic carbocycles. The van der Waals surface area contributed by atoms with Crippen LogP contribution in [0.25, 0.3) is 0 Å². The van der Waals surface area contributed by atoms with Gasteiger partial charge in [-0.2, -0.15) is 0 Å². The largest absolute Gasteiger partial charge is 0.310 e. The maximum absolute atomic E-state index is 3.81. The second-order valence-corrected chi connectivity index (χ2v) is 6.87. The molecule has 0 saturated heterocycles. The highest BCUT2D eigenvalue weighted by molar-refractivity contribution is 5.25. The molecule has 4 atom stereocenters. The van der Waals surface area contributed by atoms with Crippen LogP contribution in [0.2, 0.25) is 0 Å². The van der Waals surface area contributed by atoms with E-state index >= 15 is 0 Å². The highest BCUT2D eigenvalue weighted by Gasteiger charge is 2.30. The van der Waals surface area contributed by atoms with Crippen molar-refractivity contribution in [1.29, 1.82) is 0 Å². The number of hydrogen-bond acceptors (Lipinski definition) is 1. The van der Waals surface area contributed by atoms with Crippen LogP contribution in [0.3, 0.4) is 0 Å². The highest BCUT2D eigenvalue weighted by Crippen LogP contribution is 2.39. The summed E-state index contributed by atoms with van der Waals surface area (Å²) < 4.78 is 0. The van der Waals surface area contributed by atoms with Crippen molar-refractivity contribution in [1.82, 2.24) is 5.32 Å². The second kappa shape index (κ2) is 7.26. The Morgan fingerprint density at radius 3 is 2.40 bits per heavy atom. The van der Waals surface area contributed by atoms with Gasteiger partial charge in [0.25, 0.3) is 0 Å². The summed E-state index contributed by atoms with van der Waals surface area (Å²) >= 11 is 0. The van der Waals surface area contributed by atoms with Gasteiger partial charge in [-0.3, -0.25) is 0 Å². The van der Waals surface area contributed by atoms with E-state index in [1.165, 1.54) is 36.8 Å². The Labute approximate surface area is 125 Å². The van der Waals surface area contributed by atoms with Gasteiger partial charge in [-0.15, -0.1) is 0 Å². The van der Waals surface area contributed by atoms with E-state index < -0.39 is 0 Å². The van der Waals surface area contributed by atoms with E-state index in [1.807, 2.05) is 0 Å². The molecular formula is C19H31N. The summed E-state index contributed by atoms with van der Waals surface area (Å²) in [5.74, 6) is 2.57. The van der Waals surface area contributed by atoms with Crippen molar-refractivity contribution in [2.75, 3.05) is 6.54 Å².